The summed E-state index contributed by atoms with van der Waals surface area (Å²) in [6.45, 7) is 4.16. The van der Waals surface area contributed by atoms with Crippen molar-refractivity contribution >= 4 is 11.6 Å². The number of hydrogen-bond donors (Lipinski definition) is 1. The lowest BCUT2D eigenvalue weighted by Gasteiger charge is -2.41. The highest BCUT2D eigenvalue weighted by Gasteiger charge is 2.28. The average molecular weight is 305 g/mol. The van der Waals surface area contributed by atoms with Crippen LogP contribution in [0.15, 0.2) is 12.4 Å². The molecule has 1 N–H and O–H groups in total. The van der Waals surface area contributed by atoms with E-state index in [4.69, 9.17) is 0 Å². The molecule has 2 saturated heterocycles. The van der Waals surface area contributed by atoms with Crippen molar-refractivity contribution in [2.24, 2.45) is 0 Å². The summed E-state index contributed by atoms with van der Waals surface area (Å²) >= 11 is 0. The number of rotatable bonds is 3. The van der Waals surface area contributed by atoms with Crippen LogP contribution in [0.3, 0.4) is 0 Å². The third-order valence-corrected chi connectivity index (χ3v) is 4.87. The van der Waals surface area contributed by atoms with Crippen molar-refractivity contribution in [3.8, 4) is 0 Å². The molecule has 3 rings (SSSR count). The Hall–Kier alpha value is -1.40. The molecule has 2 fully saturated rings. The molecule has 0 radical (unpaired) electrons. The van der Waals surface area contributed by atoms with Gasteiger partial charge in [0.15, 0.2) is 0 Å². The average Bonchev–Trinajstić information content (AvgIpc) is 2.56. The second kappa shape index (κ2) is 6.79. The molecule has 22 heavy (non-hydrogen) atoms. The minimum Gasteiger partial charge on any atom is -0.393 e. The molecule has 0 saturated carbocycles. The van der Waals surface area contributed by atoms with Gasteiger partial charge in [0.25, 0.3) is 0 Å². The van der Waals surface area contributed by atoms with Crippen LogP contribution in [0.1, 0.15) is 25.7 Å². The molecular weight excluding hydrogens is 278 g/mol. The summed E-state index contributed by atoms with van der Waals surface area (Å²) in [4.78, 5) is 15.9. The molecule has 1 aromatic heterocycles. The predicted octanol–water partition coefficient (Wildman–Crippen LogP) is 0.968. The fourth-order valence-electron chi connectivity index (χ4n) is 3.42. The van der Waals surface area contributed by atoms with Crippen LogP contribution in [-0.2, 0) is 0 Å². The van der Waals surface area contributed by atoms with E-state index in [1.54, 1.807) is 6.20 Å². The lowest BCUT2D eigenvalue weighted by Crippen LogP contribution is -2.48. The highest BCUT2D eigenvalue weighted by atomic mass is 16.3. The molecule has 2 aliphatic heterocycles. The molecular formula is C16H27N5O. The molecule has 0 amide bonds. The molecule has 0 aliphatic carbocycles. The van der Waals surface area contributed by atoms with Gasteiger partial charge in [-0.1, -0.05) is 0 Å². The number of aromatic nitrogens is 2. The summed E-state index contributed by atoms with van der Waals surface area (Å²) in [6.07, 6.45) is 7.78. The number of likely N-dealkylation sites (tertiary alicyclic amines) is 1. The number of anilines is 2. The van der Waals surface area contributed by atoms with Crippen molar-refractivity contribution in [2.75, 3.05) is 50.1 Å². The van der Waals surface area contributed by atoms with Gasteiger partial charge in [-0.15, -0.1) is 0 Å². The zero-order valence-corrected chi connectivity index (χ0v) is 13.6. The summed E-state index contributed by atoms with van der Waals surface area (Å²) < 4.78 is 0. The molecule has 6 heteroatoms. The number of aliphatic hydroxyl groups excluding tert-OH is 1. The van der Waals surface area contributed by atoms with E-state index in [9.17, 15) is 5.11 Å². The summed E-state index contributed by atoms with van der Waals surface area (Å²) in [7, 11) is 3.98. The summed E-state index contributed by atoms with van der Waals surface area (Å²) in [5.74, 6) is 1.89. The van der Waals surface area contributed by atoms with Crippen LogP contribution in [0.5, 0.6) is 0 Å². The van der Waals surface area contributed by atoms with E-state index in [0.29, 0.717) is 6.04 Å². The second-order valence-electron chi connectivity index (χ2n) is 6.62. The predicted molar refractivity (Wildman–Crippen MR) is 88.4 cm³/mol. The van der Waals surface area contributed by atoms with Gasteiger partial charge in [-0.2, -0.15) is 0 Å². The maximum Gasteiger partial charge on any atom is 0.149 e. The van der Waals surface area contributed by atoms with Crippen LogP contribution >= 0.6 is 0 Å². The smallest absolute Gasteiger partial charge is 0.149 e. The van der Waals surface area contributed by atoms with Crippen molar-refractivity contribution in [3.05, 3.63) is 12.4 Å². The van der Waals surface area contributed by atoms with E-state index in [-0.39, 0.29) is 6.10 Å². The Bertz CT molecular complexity index is 479. The van der Waals surface area contributed by atoms with Crippen LogP contribution in [-0.4, -0.2) is 72.4 Å². The molecule has 0 unspecified atom stereocenters. The molecule has 122 valence electrons. The first-order valence-electron chi connectivity index (χ1n) is 8.30. The molecule has 6 nitrogen and oxygen atoms in total. The van der Waals surface area contributed by atoms with Crippen LogP contribution < -0.4 is 9.80 Å². The normalized spacial score (nSPS) is 22.0. The van der Waals surface area contributed by atoms with Gasteiger partial charge in [0, 0.05) is 46.3 Å². The Morgan fingerprint density at radius 1 is 1.05 bits per heavy atom. The Kier molecular flexibility index (Phi) is 4.78. The number of hydrogen-bond acceptors (Lipinski definition) is 6. The summed E-state index contributed by atoms with van der Waals surface area (Å²) in [5.41, 5.74) is 0. The fraction of sp³-hybridized carbons (Fsp3) is 0.750. The Morgan fingerprint density at radius 2 is 1.73 bits per heavy atom. The highest BCUT2D eigenvalue weighted by molar-refractivity contribution is 5.45. The van der Waals surface area contributed by atoms with Gasteiger partial charge in [-0.25, -0.2) is 4.98 Å². The number of piperidine rings is 2. The van der Waals surface area contributed by atoms with Crippen molar-refractivity contribution in [1.82, 2.24) is 14.9 Å². The van der Waals surface area contributed by atoms with E-state index in [0.717, 1.165) is 50.7 Å². The lowest BCUT2D eigenvalue weighted by atomic mass is 9.99. The zero-order valence-electron chi connectivity index (χ0n) is 13.6. The maximum atomic E-state index is 9.63. The van der Waals surface area contributed by atoms with Crippen LogP contribution in [0, 0.1) is 0 Å². The largest absolute Gasteiger partial charge is 0.393 e. The molecule has 0 aromatic carbocycles. The second-order valence-corrected chi connectivity index (χ2v) is 6.62. The summed E-state index contributed by atoms with van der Waals surface area (Å²) in [5, 5.41) is 9.63. The zero-order chi connectivity index (χ0) is 15.5. The number of aliphatic hydroxyl groups is 1. The van der Waals surface area contributed by atoms with E-state index < -0.39 is 0 Å². The van der Waals surface area contributed by atoms with Crippen LogP contribution in [0.25, 0.3) is 0 Å². The third-order valence-electron chi connectivity index (χ3n) is 4.87. The van der Waals surface area contributed by atoms with Gasteiger partial charge in [-0.3, -0.25) is 4.98 Å². The van der Waals surface area contributed by atoms with E-state index >= 15 is 0 Å². The van der Waals surface area contributed by atoms with Crippen LogP contribution in [0.4, 0.5) is 11.6 Å². The van der Waals surface area contributed by atoms with Crippen molar-refractivity contribution < 1.29 is 5.11 Å². The van der Waals surface area contributed by atoms with Gasteiger partial charge < -0.3 is 19.8 Å². The minimum atomic E-state index is -0.0830. The first-order valence-corrected chi connectivity index (χ1v) is 8.30. The molecule has 3 heterocycles. The monoisotopic (exact) mass is 305 g/mol. The van der Waals surface area contributed by atoms with Crippen LogP contribution in [0.2, 0.25) is 0 Å². The highest BCUT2D eigenvalue weighted by Crippen LogP contribution is 2.24. The van der Waals surface area contributed by atoms with Crippen molar-refractivity contribution in [3.63, 3.8) is 0 Å². The first kappa shape index (κ1) is 15.5. The maximum absolute atomic E-state index is 9.63. The van der Waals surface area contributed by atoms with Gasteiger partial charge >= 0.3 is 0 Å². The SMILES string of the molecule is CN(C)c1cncc(N2CCC(N3CCC(O)CC3)CC2)n1. The topological polar surface area (TPSA) is 55.7 Å². The van der Waals surface area contributed by atoms with E-state index in [2.05, 4.69) is 19.8 Å². The van der Waals surface area contributed by atoms with Gasteiger partial charge in [0.2, 0.25) is 0 Å². The molecule has 0 atom stereocenters. The Balaban J connectivity index is 1.56. The van der Waals surface area contributed by atoms with E-state index in [1.165, 1.54) is 12.8 Å². The van der Waals surface area contributed by atoms with Gasteiger partial charge in [0.1, 0.15) is 11.6 Å². The van der Waals surface area contributed by atoms with Crippen molar-refractivity contribution in [2.45, 2.75) is 37.8 Å². The first-order chi connectivity index (χ1) is 10.6. The summed E-state index contributed by atoms with van der Waals surface area (Å²) in [6, 6.07) is 0.661. The standard InChI is InChI=1S/C16H27N5O/c1-19(2)15-11-17-12-16(18-15)21-7-3-13(4-8-21)20-9-5-14(22)6-10-20/h11-14,22H,3-10H2,1-2H3. The quantitative estimate of drug-likeness (QED) is 0.898. The fourth-order valence-corrected chi connectivity index (χ4v) is 3.42. The minimum absolute atomic E-state index is 0.0830. The molecule has 0 bridgehead atoms. The van der Waals surface area contributed by atoms with E-state index in [1.807, 2.05) is 25.2 Å². The van der Waals surface area contributed by atoms with Gasteiger partial charge in [-0.05, 0) is 25.7 Å². The lowest BCUT2D eigenvalue weighted by molar-refractivity contribution is 0.0542. The molecule has 1 aromatic rings. The number of nitrogens with zero attached hydrogens (tertiary/aromatic N) is 5. The molecule has 0 spiro atoms. The van der Waals surface area contributed by atoms with Gasteiger partial charge in [0.05, 0.1) is 18.5 Å². The van der Waals surface area contributed by atoms with Crippen molar-refractivity contribution in [1.29, 1.82) is 0 Å². The third kappa shape index (κ3) is 3.50. The molecule has 2 aliphatic rings. The Labute approximate surface area is 132 Å². The Morgan fingerprint density at radius 3 is 2.36 bits per heavy atom.